The Morgan fingerprint density at radius 3 is 2.08 bits per heavy atom. The summed E-state index contributed by atoms with van der Waals surface area (Å²) in [6, 6.07) is 23.3. The van der Waals surface area contributed by atoms with Crippen molar-refractivity contribution < 1.29 is 23.9 Å². The maximum absolute atomic E-state index is 12.7. The zero-order valence-electron chi connectivity index (χ0n) is 20.7. The first kappa shape index (κ1) is 25.8. The van der Waals surface area contributed by atoms with Crippen LogP contribution >= 0.6 is 0 Å². The third-order valence-corrected chi connectivity index (χ3v) is 6.01. The molecule has 8 heteroatoms. The Morgan fingerprint density at radius 2 is 1.35 bits per heavy atom. The van der Waals surface area contributed by atoms with E-state index >= 15 is 0 Å². The summed E-state index contributed by atoms with van der Waals surface area (Å²) in [4.78, 5) is 39.6. The Hall–Kier alpha value is -4.33. The number of carbonyl (C=O) groups excluding carboxylic acids is 3. The fraction of sp³-hybridized carbons (Fsp3) is 0.276. The molecule has 4 rings (SSSR count). The Balaban J connectivity index is 1.30. The minimum atomic E-state index is -0.428. The zero-order chi connectivity index (χ0) is 25.9. The van der Waals surface area contributed by atoms with Gasteiger partial charge < -0.3 is 25.0 Å². The van der Waals surface area contributed by atoms with Gasteiger partial charge in [0.05, 0.1) is 11.3 Å². The highest BCUT2D eigenvalue weighted by Crippen LogP contribution is 2.26. The van der Waals surface area contributed by atoms with Crippen LogP contribution < -0.4 is 20.1 Å². The number of likely N-dealkylation sites (tertiary alicyclic amines) is 1. The highest BCUT2D eigenvalue weighted by Gasteiger charge is 2.18. The van der Waals surface area contributed by atoms with Crippen LogP contribution in [0.2, 0.25) is 0 Å². The number of carbonyl (C=O) groups is 3. The smallest absolute Gasteiger partial charge is 0.262 e. The number of piperidine rings is 1. The first-order chi connectivity index (χ1) is 18.1. The predicted molar refractivity (Wildman–Crippen MR) is 141 cm³/mol. The van der Waals surface area contributed by atoms with Crippen LogP contribution in [-0.2, 0) is 16.1 Å². The van der Waals surface area contributed by atoms with Gasteiger partial charge in [0.1, 0.15) is 0 Å². The van der Waals surface area contributed by atoms with Gasteiger partial charge in [-0.15, -0.1) is 0 Å². The number of anilines is 1. The summed E-state index contributed by atoms with van der Waals surface area (Å²) in [5.74, 6) is -0.0333. The topological polar surface area (TPSA) is 97.0 Å². The molecule has 1 saturated heterocycles. The monoisotopic (exact) mass is 501 g/mol. The van der Waals surface area contributed by atoms with Crippen LogP contribution in [0.4, 0.5) is 5.69 Å². The van der Waals surface area contributed by atoms with Crippen molar-refractivity contribution >= 4 is 23.4 Å². The highest BCUT2D eigenvalue weighted by atomic mass is 16.5. The molecule has 8 nitrogen and oxygen atoms in total. The minimum absolute atomic E-state index is 0.0607. The normalized spacial score (nSPS) is 12.9. The lowest BCUT2D eigenvalue weighted by Gasteiger charge is -2.26. The van der Waals surface area contributed by atoms with Gasteiger partial charge in [0.25, 0.3) is 17.7 Å². The van der Waals surface area contributed by atoms with E-state index in [-0.39, 0.29) is 25.0 Å². The molecule has 0 unspecified atom stereocenters. The Labute approximate surface area is 216 Å². The SMILES string of the molecule is O=C(COc1ccccc1OCC(=O)N1CCCCC1)Nc1ccccc1C(=O)NCc1ccccc1. The second kappa shape index (κ2) is 13.1. The Bertz CT molecular complexity index is 1210. The average Bonchev–Trinajstić information content (AvgIpc) is 2.95. The number of para-hydroxylation sites is 3. The number of ether oxygens (including phenoxy) is 2. The van der Waals surface area contributed by atoms with Crippen LogP contribution in [0.15, 0.2) is 78.9 Å². The van der Waals surface area contributed by atoms with E-state index in [1.807, 2.05) is 35.2 Å². The van der Waals surface area contributed by atoms with Gasteiger partial charge in [-0.1, -0.05) is 54.6 Å². The van der Waals surface area contributed by atoms with Gasteiger partial charge in [-0.25, -0.2) is 0 Å². The summed E-state index contributed by atoms with van der Waals surface area (Å²) in [5, 5.41) is 5.62. The third kappa shape index (κ3) is 7.57. The van der Waals surface area contributed by atoms with Crippen LogP contribution in [0.5, 0.6) is 11.5 Å². The molecular formula is C29H31N3O5. The summed E-state index contributed by atoms with van der Waals surface area (Å²) < 4.78 is 11.4. The van der Waals surface area contributed by atoms with E-state index in [1.54, 1.807) is 48.5 Å². The summed E-state index contributed by atoms with van der Waals surface area (Å²) in [6.45, 7) is 1.51. The van der Waals surface area contributed by atoms with Gasteiger partial charge >= 0.3 is 0 Å². The number of hydrogen-bond acceptors (Lipinski definition) is 5. The molecule has 3 aromatic rings. The first-order valence-corrected chi connectivity index (χ1v) is 12.4. The molecule has 1 aliphatic rings. The molecule has 3 aromatic carbocycles. The molecule has 1 fully saturated rings. The number of nitrogens with one attached hydrogen (secondary N) is 2. The minimum Gasteiger partial charge on any atom is -0.480 e. The second-order valence-electron chi connectivity index (χ2n) is 8.73. The van der Waals surface area contributed by atoms with Crippen LogP contribution in [0, 0.1) is 0 Å². The summed E-state index contributed by atoms with van der Waals surface area (Å²) in [6.07, 6.45) is 3.17. The summed E-state index contributed by atoms with van der Waals surface area (Å²) in [7, 11) is 0. The van der Waals surface area contributed by atoms with Crippen molar-refractivity contribution in [2.75, 3.05) is 31.6 Å². The van der Waals surface area contributed by atoms with E-state index in [0.717, 1.165) is 37.9 Å². The van der Waals surface area contributed by atoms with Gasteiger partial charge in [0, 0.05) is 19.6 Å². The van der Waals surface area contributed by atoms with Crippen molar-refractivity contribution in [1.29, 1.82) is 0 Å². The third-order valence-electron chi connectivity index (χ3n) is 6.01. The predicted octanol–water partition coefficient (Wildman–Crippen LogP) is 4.03. The molecule has 0 aliphatic carbocycles. The molecular weight excluding hydrogens is 470 g/mol. The van der Waals surface area contributed by atoms with Crippen LogP contribution in [0.1, 0.15) is 35.2 Å². The molecule has 192 valence electrons. The van der Waals surface area contributed by atoms with Gasteiger partial charge in [-0.2, -0.15) is 0 Å². The lowest BCUT2D eigenvalue weighted by molar-refractivity contribution is -0.134. The number of hydrogen-bond donors (Lipinski definition) is 2. The Morgan fingerprint density at radius 1 is 0.730 bits per heavy atom. The van der Waals surface area contributed by atoms with E-state index in [9.17, 15) is 14.4 Å². The van der Waals surface area contributed by atoms with Gasteiger partial charge in [0.15, 0.2) is 24.7 Å². The fourth-order valence-corrected chi connectivity index (χ4v) is 4.06. The maximum atomic E-state index is 12.7. The molecule has 0 bridgehead atoms. The number of nitrogens with zero attached hydrogens (tertiary/aromatic N) is 1. The molecule has 0 spiro atoms. The van der Waals surface area contributed by atoms with Crippen molar-refractivity contribution in [2.45, 2.75) is 25.8 Å². The molecule has 1 heterocycles. The largest absolute Gasteiger partial charge is 0.480 e. The molecule has 0 atom stereocenters. The highest BCUT2D eigenvalue weighted by molar-refractivity contribution is 6.04. The van der Waals surface area contributed by atoms with Gasteiger partial charge in [0.2, 0.25) is 0 Å². The number of amides is 3. The molecule has 0 aromatic heterocycles. The number of rotatable bonds is 10. The van der Waals surface area contributed by atoms with Crippen LogP contribution in [0.3, 0.4) is 0 Å². The molecule has 0 saturated carbocycles. The van der Waals surface area contributed by atoms with E-state index in [0.29, 0.717) is 29.3 Å². The lowest BCUT2D eigenvalue weighted by atomic mass is 10.1. The average molecular weight is 502 g/mol. The molecule has 3 amide bonds. The van der Waals surface area contributed by atoms with Gasteiger partial charge in [-0.05, 0) is 49.1 Å². The van der Waals surface area contributed by atoms with Crippen LogP contribution in [-0.4, -0.2) is 48.9 Å². The summed E-state index contributed by atoms with van der Waals surface area (Å²) >= 11 is 0. The van der Waals surface area contributed by atoms with Crippen molar-refractivity contribution in [3.63, 3.8) is 0 Å². The molecule has 0 radical (unpaired) electrons. The molecule has 1 aliphatic heterocycles. The van der Waals surface area contributed by atoms with E-state index in [4.69, 9.17) is 9.47 Å². The van der Waals surface area contributed by atoms with Crippen molar-refractivity contribution in [3.05, 3.63) is 90.0 Å². The molecule has 37 heavy (non-hydrogen) atoms. The first-order valence-electron chi connectivity index (χ1n) is 12.4. The quantitative estimate of drug-likeness (QED) is 0.437. The van der Waals surface area contributed by atoms with Gasteiger partial charge in [-0.3, -0.25) is 14.4 Å². The second-order valence-corrected chi connectivity index (χ2v) is 8.73. The van der Waals surface area contributed by atoms with E-state index < -0.39 is 5.91 Å². The zero-order valence-corrected chi connectivity index (χ0v) is 20.7. The summed E-state index contributed by atoms with van der Waals surface area (Å²) in [5.41, 5.74) is 1.72. The standard InChI is InChI=1S/C29H31N3O5/c33-27(31-24-14-6-5-13-23(24)29(35)30-19-22-11-3-1-4-12-22)20-36-25-15-7-8-16-26(25)37-21-28(34)32-17-9-2-10-18-32/h1,3-8,11-16H,2,9-10,17-21H2,(H,30,35)(H,31,33). The Kier molecular flexibility index (Phi) is 9.12. The van der Waals surface area contributed by atoms with E-state index in [1.165, 1.54) is 0 Å². The van der Waals surface area contributed by atoms with Crippen molar-refractivity contribution in [2.24, 2.45) is 0 Å². The van der Waals surface area contributed by atoms with Crippen LogP contribution in [0.25, 0.3) is 0 Å². The number of benzene rings is 3. The van der Waals surface area contributed by atoms with E-state index in [2.05, 4.69) is 10.6 Å². The lowest BCUT2D eigenvalue weighted by Crippen LogP contribution is -2.38. The fourth-order valence-electron chi connectivity index (χ4n) is 4.06. The van der Waals surface area contributed by atoms with Crippen molar-refractivity contribution in [1.82, 2.24) is 10.2 Å². The molecule has 2 N–H and O–H groups in total. The maximum Gasteiger partial charge on any atom is 0.262 e. The van der Waals surface area contributed by atoms with Crippen molar-refractivity contribution in [3.8, 4) is 11.5 Å².